The summed E-state index contributed by atoms with van der Waals surface area (Å²) in [5, 5.41) is 0. The number of hydrogen-bond donors (Lipinski definition) is 0. The molecule has 1 aliphatic heterocycles. The molecule has 4 nitrogen and oxygen atoms in total. The van der Waals surface area contributed by atoms with Crippen LogP contribution in [0.4, 0.5) is 30.7 Å². The summed E-state index contributed by atoms with van der Waals surface area (Å²) < 4.78 is 105. The third-order valence-corrected chi connectivity index (χ3v) is 5.74. The average Bonchev–Trinajstić information content (AvgIpc) is 2.81. The SMILES string of the molecule is CC(O[C@H]1OCCN(CC#CCN(C)C)[C@H]1c1ccc(F)cc1)c1cc(C(F)(F)F)cc(C(F)(F)F)c1. The Hall–Kier alpha value is -2.65. The maximum absolute atomic E-state index is 13.6. The van der Waals surface area contributed by atoms with Gasteiger partial charge in [0, 0.05) is 6.54 Å². The number of hydrogen-bond acceptors (Lipinski definition) is 4. The summed E-state index contributed by atoms with van der Waals surface area (Å²) in [4.78, 5) is 3.81. The fourth-order valence-corrected chi connectivity index (χ4v) is 3.87. The molecule has 1 aliphatic rings. The zero-order valence-electron chi connectivity index (χ0n) is 20.5. The van der Waals surface area contributed by atoms with Gasteiger partial charge in [-0.15, -0.1) is 0 Å². The molecule has 1 unspecified atom stereocenters. The Labute approximate surface area is 210 Å². The largest absolute Gasteiger partial charge is 0.416 e. The predicted octanol–water partition coefficient (Wildman–Crippen LogP) is 5.91. The molecule has 0 aromatic heterocycles. The molecule has 11 heteroatoms. The smallest absolute Gasteiger partial charge is 0.349 e. The van der Waals surface area contributed by atoms with Gasteiger partial charge >= 0.3 is 12.4 Å². The second-order valence-electron chi connectivity index (χ2n) is 8.91. The molecular weight excluding hydrogens is 505 g/mol. The Balaban J connectivity index is 1.92. The van der Waals surface area contributed by atoms with E-state index in [9.17, 15) is 30.7 Å². The van der Waals surface area contributed by atoms with Crippen molar-refractivity contribution in [1.82, 2.24) is 9.80 Å². The van der Waals surface area contributed by atoms with E-state index < -0.39 is 47.7 Å². The normalized spacial score (nSPS) is 20.0. The highest BCUT2D eigenvalue weighted by atomic mass is 19.4. The van der Waals surface area contributed by atoms with Crippen molar-refractivity contribution in [2.45, 2.75) is 37.7 Å². The van der Waals surface area contributed by atoms with E-state index in [2.05, 4.69) is 11.8 Å². The van der Waals surface area contributed by atoms with E-state index in [1.54, 1.807) is 0 Å². The third kappa shape index (κ3) is 7.92. The Morgan fingerprint density at radius 1 is 1.00 bits per heavy atom. The van der Waals surface area contributed by atoms with Gasteiger partial charge in [-0.3, -0.25) is 9.80 Å². The molecule has 2 aromatic rings. The van der Waals surface area contributed by atoms with Gasteiger partial charge in [-0.05, 0) is 62.5 Å². The summed E-state index contributed by atoms with van der Waals surface area (Å²) >= 11 is 0. The van der Waals surface area contributed by atoms with Crippen LogP contribution in [0.15, 0.2) is 42.5 Å². The molecule has 0 bridgehead atoms. The van der Waals surface area contributed by atoms with E-state index >= 15 is 0 Å². The molecule has 202 valence electrons. The highest BCUT2D eigenvalue weighted by Gasteiger charge is 2.39. The van der Waals surface area contributed by atoms with Crippen LogP contribution in [-0.2, 0) is 21.8 Å². The minimum Gasteiger partial charge on any atom is -0.349 e. The Bertz CT molecular complexity index is 1070. The highest BCUT2D eigenvalue weighted by Crippen LogP contribution is 2.39. The summed E-state index contributed by atoms with van der Waals surface area (Å²) in [5.74, 6) is 5.60. The van der Waals surface area contributed by atoms with Gasteiger partial charge in [-0.1, -0.05) is 24.0 Å². The van der Waals surface area contributed by atoms with Gasteiger partial charge < -0.3 is 9.47 Å². The topological polar surface area (TPSA) is 24.9 Å². The van der Waals surface area contributed by atoms with E-state index in [1.807, 2.05) is 23.9 Å². The first-order chi connectivity index (χ1) is 17.3. The molecule has 0 radical (unpaired) electrons. The molecule has 1 saturated heterocycles. The van der Waals surface area contributed by atoms with Gasteiger partial charge in [0.1, 0.15) is 5.82 Å². The van der Waals surface area contributed by atoms with Gasteiger partial charge in [-0.25, -0.2) is 4.39 Å². The number of benzene rings is 2. The Morgan fingerprint density at radius 2 is 1.59 bits per heavy atom. The van der Waals surface area contributed by atoms with Crippen molar-refractivity contribution < 1.29 is 40.2 Å². The monoisotopic (exact) mass is 532 g/mol. The van der Waals surface area contributed by atoms with E-state index in [0.29, 0.717) is 37.3 Å². The lowest BCUT2D eigenvalue weighted by Gasteiger charge is -2.41. The van der Waals surface area contributed by atoms with Crippen LogP contribution in [0.5, 0.6) is 0 Å². The molecule has 0 saturated carbocycles. The van der Waals surface area contributed by atoms with Gasteiger partial charge in [0.25, 0.3) is 0 Å². The van der Waals surface area contributed by atoms with Gasteiger partial charge in [0.05, 0.1) is 43.0 Å². The summed E-state index contributed by atoms with van der Waals surface area (Å²) in [6.45, 7) is 2.82. The van der Waals surface area contributed by atoms with Crippen molar-refractivity contribution in [1.29, 1.82) is 0 Å². The third-order valence-electron chi connectivity index (χ3n) is 5.74. The van der Waals surface area contributed by atoms with Crippen LogP contribution in [0.25, 0.3) is 0 Å². The van der Waals surface area contributed by atoms with E-state index in [-0.39, 0.29) is 18.2 Å². The molecule has 3 rings (SSSR count). The van der Waals surface area contributed by atoms with Crippen LogP contribution in [0.3, 0.4) is 0 Å². The zero-order chi connectivity index (χ0) is 27.4. The van der Waals surface area contributed by atoms with Crippen molar-refractivity contribution in [2.75, 3.05) is 40.3 Å². The van der Waals surface area contributed by atoms with Gasteiger partial charge in [-0.2, -0.15) is 26.3 Å². The van der Waals surface area contributed by atoms with E-state index in [0.717, 1.165) is 0 Å². The van der Waals surface area contributed by atoms with Crippen molar-refractivity contribution in [3.8, 4) is 11.8 Å². The lowest BCUT2D eigenvalue weighted by atomic mass is 10.0. The van der Waals surface area contributed by atoms with Crippen LogP contribution < -0.4 is 0 Å². The minimum atomic E-state index is -4.98. The van der Waals surface area contributed by atoms with E-state index in [1.165, 1.54) is 31.2 Å². The Morgan fingerprint density at radius 3 is 2.14 bits per heavy atom. The predicted molar refractivity (Wildman–Crippen MR) is 123 cm³/mol. The van der Waals surface area contributed by atoms with Crippen molar-refractivity contribution >= 4 is 0 Å². The quantitative estimate of drug-likeness (QED) is 0.342. The summed E-state index contributed by atoms with van der Waals surface area (Å²) in [6.07, 6.45) is -12.2. The van der Waals surface area contributed by atoms with E-state index in [4.69, 9.17) is 9.47 Å². The minimum absolute atomic E-state index is 0.0722. The van der Waals surface area contributed by atoms with Crippen LogP contribution in [-0.4, -0.2) is 56.4 Å². The lowest BCUT2D eigenvalue weighted by molar-refractivity contribution is -0.228. The molecule has 3 atom stereocenters. The zero-order valence-corrected chi connectivity index (χ0v) is 20.5. The second-order valence-corrected chi connectivity index (χ2v) is 8.91. The maximum atomic E-state index is 13.6. The molecule has 1 heterocycles. The number of rotatable bonds is 6. The maximum Gasteiger partial charge on any atom is 0.416 e. The first kappa shape index (κ1) is 28.9. The second kappa shape index (κ2) is 11.8. The first-order valence-electron chi connectivity index (χ1n) is 11.4. The fraction of sp³-hybridized carbons (Fsp3) is 0.462. The number of halogens is 7. The molecule has 0 N–H and O–H groups in total. The number of nitrogens with zero attached hydrogens (tertiary/aromatic N) is 2. The summed E-state index contributed by atoms with van der Waals surface area (Å²) in [5.41, 5.74) is -2.55. The fourth-order valence-electron chi connectivity index (χ4n) is 3.87. The number of alkyl halides is 6. The lowest BCUT2D eigenvalue weighted by Crippen LogP contribution is -2.46. The summed E-state index contributed by atoms with van der Waals surface area (Å²) in [6, 6.07) is 6.29. The molecular formula is C26H27F7N2O2. The van der Waals surface area contributed by atoms with Crippen LogP contribution >= 0.6 is 0 Å². The highest BCUT2D eigenvalue weighted by molar-refractivity contribution is 5.34. The number of ether oxygens (including phenoxy) is 2. The van der Waals surface area contributed by atoms with Crippen molar-refractivity contribution in [3.05, 3.63) is 70.5 Å². The average molecular weight is 533 g/mol. The van der Waals surface area contributed by atoms with Crippen LogP contribution in [0.2, 0.25) is 0 Å². The number of morpholine rings is 1. The Kier molecular flexibility index (Phi) is 9.23. The van der Waals surface area contributed by atoms with Crippen LogP contribution in [0.1, 0.15) is 41.3 Å². The van der Waals surface area contributed by atoms with Crippen LogP contribution in [0, 0.1) is 17.7 Å². The van der Waals surface area contributed by atoms with Gasteiger partial charge in [0.2, 0.25) is 0 Å². The van der Waals surface area contributed by atoms with Crippen molar-refractivity contribution in [2.24, 2.45) is 0 Å². The molecule has 1 fully saturated rings. The van der Waals surface area contributed by atoms with Crippen molar-refractivity contribution in [3.63, 3.8) is 0 Å². The molecule has 2 aromatic carbocycles. The molecule has 37 heavy (non-hydrogen) atoms. The standard InChI is InChI=1S/C26H27F7N2O2/c1-17(19-14-20(25(28,29)30)16-21(15-19)26(31,32)33)37-24-23(18-6-8-22(27)9-7-18)35(12-13-36-24)11-5-4-10-34(2)3/h6-9,14-17,23-24H,10-13H2,1-3H3/t17?,23-,24+/m0/s1. The van der Waals surface area contributed by atoms with Gasteiger partial charge in [0.15, 0.2) is 6.29 Å². The summed E-state index contributed by atoms with van der Waals surface area (Å²) in [7, 11) is 3.74. The molecule has 0 spiro atoms. The molecule has 0 aliphatic carbocycles. The first-order valence-corrected chi connectivity index (χ1v) is 11.4. The molecule has 0 amide bonds.